The fourth-order valence-electron chi connectivity index (χ4n) is 1.69. The second-order valence-electron chi connectivity index (χ2n) is 4.08. The van der Waals surface area contributed by atoms with E-state index in [4.69, 9.17) is 17.4 Å². The molecule has 1 heterocycles. The number of hydrogen-bond acceptors (Lipinski definition) is 4. The molecule has 0 saturated carbocycles. The second kappa shape index (κ2) is 6.20. The van der Waals surface area contributed by atoms with E-state index in [1.165, 1.54) is 0 Å². The first kappa shape index (κ1) is 13.4. The van der Waals surface area contributed by atoms with Crippen LogP contribution >= 0.6 is 11.6 Å². The summed E-state index contributed by atoms with van der Waals surface area (Å²) in [6.07, 6.45) is 2.69. The Morgan fingerprint density at radius 2 is 2.31 bits per heavy atom. The largest absolute Gasteiger partial charge is 0.307 e. The van der Waals surface area contributed by atoms with E-state index in [2.05, 4.69) is 22.3 Å². The van der Waals surface area contributed by atoms with Gasteiger partial charge in [-0.15, -0.1) is 0 Å². The zero-order valence-electron chi connectivity index (χ0n) is 10.1. The van der Waals surface area contributed by atoms with Gasteiger partial charge in [-0.1, -0.05) is 18.5 Å². The zero-order chi connectivity index (χ0) is 12.1. The van der Waals surface area contributed by atoms with Crippen LogP contribution in [0.15, 0.2) is 6.20 Å². The van der Waals surface area contributed by atoms with Gasteiger partial charge < -0.3 is 4.90 Å². The van der Waals surface area contributed by atoms with E-state index in [9.17, 15) is 0 Å². The van der Waals surface area contributed by atoms with Gasteiger partial charge in [0.2, 0.25) is 0 Å². The Bertz CT molecular complexity index is 323. The Kier molecular flexibility index (Phi) is 5.21. The van der Waals surface area contributed by atoms with E-state index >= 15 is 0 Å². The number of halogens is 1. The quantitative estimate of drug-likeness (QED) is 0.580. The van der Waals surface area contributed by atoms with Crippen LogP contribution in [-0.2, 0) is 6.54 Å². The summed E-state index contributed by atoms with van der Waals surface area (Å²) >= 11 is 6.14. The van der Waals surface area contributed by atoms with Crippen LogP contribution in [0.4, 0.5) is 0 Å². The van der Waals surface area contributed by atoms with Gasteiger partial charge >= 0.3 is 0 Å². The molecular weight excluding hydrogens is 226 g/mol. The minimum atomic E-state index is -0.00319. The lowest BCUT2D eigenvalue weighted by Gasteiger charge is -2.21. The maximum atomic E-state index is 6.14. The van der Waals surface area contributed by atoms with Crippen molar-refractivity contribution < 1.29 is 0 Å². The Labute approximate surface area is 102 Å². The van der Waals surface area contributed by atoms with Gasteiger partial charge in [-0.3, -0.25) is 16.0 Å². The lowest BCUT2D eigenvalue weighted by Crippen LogP contribution is -2.37. The summed E-state index contributed by atoms with van der Waals surface area (Å²) in [7, 11) is 4.00. The van der Waals surface area contributed by atoms with E-state index in [0.29, 0.717) is 5.02 Å². The summed E-state index contributed by atoms with van der Waals surface area (Å²) < 4.78 is 1.91. The van der Waals surface area contributed by atoms with Crippen molar-refractivity contribution in [1.82, 2.24) is 20.1 Å². The van der Waals surface area contributed by atoms with E-state index in [0.717, 1.165) is 25.2 Å². The summed E-state index contributed by atoms with van der Waals surface area (Å²) in [5, 5.41) is 4.92. The number of aromatic nitrogens is 2. The third kappa shape index (κ3) is 3.18. The molecule has 1 aromatic heterocycles. The first-order chi connectivity index (χ1) is 7.60. The van der Waals surface area contributed by atoms with Crippen molar-refractivity contribution in [3.05, 3.63) is 16.9 Å². The highest BCUT2D eigenvalue weighted by atomic mass is 35.5. The molecule has 1 rings (SSSR count). The summed E-state index contributed by atoms with van der Waals surface area (Å²) in [6.45, 7) is 3.75. The highest BCUT2D eigenvalue weighted by Crippen LogP contribution is 2.22. The average molecular weight is 246 g/mol. The first-order valence-corrected chi connectivity index (χ1v) is 5.80. The molecule has 0 spiro atoms. The van der Waals surface area contributed by atoms with Crippen molar-refractivity contribution in [1.29, 1.82) is 0 Å². The Hall–Kier alpha value is -0.620. The average Bonchev–Trinajstić information content (AvgIpc) is 2.57. The van der Waals surface area contributed by atoms with Crippen molar-refractivity contribution in [3.63, 3.8) is 0 Å². The number of nitrogens with zero attached hydrogens (tertiary/aromatic N) is 3. The van der Waals surface area contributed by atoms with Gasteiger partial charge in [0.05, 0.1) is 23.0 Å². The van der Waals surface area contributed by atoms with E-state index in [-0.39, 0.29) is 6.04 Å². The SMILES string of the molecule is CCCn1ncc(Cl)c1C(CN(C)C)NN. The van der Waals surface area contributed by atoms with E-state index < -0.39 is 0 Å². The minimum Gasteiger partial charge on any atom is -0.307 e. The normalized spacial score (nSPS) is 13.4. The highest BCUT2D eigenvalue weighted by Gasteiger charge is 2.19. The molecule has 0 aliphatic heterocycles. The molecule has 6 heteroatoms. The van der Waals surface area contributed by atoms with Gasteiger partial charge in [0.25, 0.3) is 0 Å². The fraction of sp³-hybridized carbons (Fsp3) is 0.700. The van der Waals surface area contributed by atoms with Gasteiger partial charge in [0, 0.05) is 13.1 Å². The standard InChI is InChI=1S/C10H20ClN5/c1-4-5-16-10(8(11)6-13-16)9(14-12)7-15(2)3/h6,9,14H,4-5,7,12H2,1-3H3. The number of nitrogens with one attached hydrogen (secondary N) is 1. The Morgan fingerprint density at radius 1 is 1.62 bits per heavy atom. The molecule has 0 radical (unpaired) electrons. The second-order valence-corrected chi connectivity index (χ2v) is 4.49. The third-order valence-corrected chi connectivity index (χ3v) is 2.64. The zero-order valence-corrected chi connectivity index (χ0v) is 10.8. The number of rotatable bonds is 6. The molecule has 0 fully saturated rings. The molecule has 3 N–H and O–H groups in total. The molecular formula is C10H20ClN5. The summed E-state index contributed by atoms with van der Waals surface area (Å²) in [5.41, 5.74) is 3.75. The Balaban J connectivity index is 2.93. The molecule has 0 saturated heterocycles. The van der Waals surface area contributed by atoms with Crippen molar-refractivity contribution in [3.8, 4) is 0 Å². The molecule has 0 aromatic carbocycles. The van der Waals surface area contributed by atoms with Crippen LogP contribution < -0.4 is 11.3 Å². The molecule has 0 amide bonds. The highest BCUT2D eigenvalue weighted by molar-refractivity contribution is 6.31. The third-order valence-electron chi connectivity index (χ3n) is 2.35. The van der Waals surface area contributed by atoms with Gasteiger partial charge in [0.15, 0.2) is 0 Å². The molecule has 1 unspecified atom stereocenters. The summed E-state index contributed by atoms with van der Waals surface area (Å²) in [5.74, 6) is 5.57. The molecule has 0 aliphatic carbocycles. The number of nitrogens with two attached hydrogens (primary N) is 1. The summed E-state index contributed by atoms with van der Waals surface area (Å²) in [4.78, 5) is 2.06. The van der Waals surface area contributed by atoms with Crippen LogP contribution in [0.3, 0.4) is 0 Å². The fourth-order valence-corrected chi connectivity index (χ4v) is 1.96. The van der Waals surface area contributed by atoms with Crippen molar-refractivity contribution in [2.24, 2.45) is 5.84 Å². The predicted molar refractivity (Wildman–Crippen MR) is 66.1 cm³/mol. The topological polar surface area (TPSA) is 59.1 Å². The maximum absolute atomic E-state index is 6.14. The van der Waals surface area contributed by atoms with Crippen molar-refractivity contribution in [2.45, 2.75) is 25.9 Å². The van der Waals surface area contributed by atoms with Gasteiger partial charge in [-0.25, -0.2) is 0 Å². The van der Waals surface area contributed by atoms with Crippen molar-refractivity contribution >= 4 is 11.6 Å². The Morgan fingerprint density at radius 3 is 2.81 bits per heavy atom. The lowest BCUT2D eigenvalue weighted by molar-refractivity contribution is 0.331. The molecule has 0 aliphatic rings. The number of hydrazine groups is 1. The number of likely N-dealkylation sites (N-methyl/N-ethyl adjacent to an activating group) is 1. The number of aryl methyl sites for hydroxylation is 1. The minimum absolute atomic E-state index is 0.00319. The monoisotopic (exact) mass is 245 g/mol. The van der Waals surface area contributed by atoms with Crippen LogP contribution in [0, 0.1) is 0 Å². The molecule has 16 heavy (non-hydrogen) atoms. The van der Waals surface area contributed by atoms with Crippen molar-refractivity contribution in [2.75, 3.05) is 20.6 Å². The van der Waals surface area contributed by atoms with E-state index in [1.807, 2.05) is 18.8 Å². The van der Waals surface area contributed by atoms with Gasteiger partial charge in [-0.05, 0) is 20.5 Å². The predicted octanol–water partition coefficient (Wildman–Crippen LogP) is 1.01. The molecule has 1 atom stereocenters. The first-order valence-electron chi connectivity index (χ1n) is 5.42. The smallest absolute Gasteiger partial charge is 0.0835 e. The van der Waals surface area contributed by atoms with E-state index in [1.54, 1.807) is 6.20 Å². The molecule has 0 bridgehead atoms. The van der Waals surface area contributed by atoms with Crippen LogP contribution in [0.5, 0.6) is 0 Å². The lowest BCUT2D eigenvalue weighted by atomic mass is 10.2. The molecule has 92 valence electrons. The van der Waals surface area contributed by atoms with Gasteiger partial charge in [0.1, 0.15) is 0 Å². The maximum Gasteiger partial charge on any atom is 0.0835 e. The van der Waals surface area contributed by atoms with Gasteiger partial charge in [-0.2, -0.15) is 5.10 Å². The van der Waals surface area contributed by atoms with Crippen LogP contribution in [0.1, 0.15) is 25.1 Å². The number of hydrogen-bond donors (Lipinski definition) is 2. The molecule has 1 aromatic rings. The molecule has 5 nitrogen and oxygen atoms in total. The van der Waals surface area contributed by atoms with Crippen LogP contribution in [0.25, 0.3) is 0 Å². The van der Waals surface area contributed by atoms with Crippen LogP contribution in [-0.4, -0.2) is 35.3 Å². The van der Waals surface area contributed by atoms with Crippen LogP contribution in [0.2, 0.25) is 5.02 Å². The summed E-state index contributed by atoms with van der Waals surface area (Å²) in [6, 6.07) is -0.00319.